The quantitative estimate of drug-likeness (QED) is 0.600. The molecule has 1 aliphatic heterocycles. The molecule has 138 valence electrons. The number of non-ortho nitro benzene ring substituents is 1. The Hall–Kier alpha value is -2.25. The van der Waals surface area contributed by atoms with Crippen LogP contribution in [0.4, 0.5) is 11.4 Å². The number of nitrogens with one attached hydrogen (secondary N) is 1. The molecule has 1 N–H and O–H groups in total. The maximum atomic E-state index is 12.3. The second-order valence-electron chi connectivity index (χ2n) is 6.70. The third-order valence-corrected chi connectivity index (χ3v) is 5.89. The van der Waals surface area contributed by atoms with E-state index in [0.29, 0.717) is 24.7 Å². The summed E-state index contributed by atoms with van der Waals surface area (Å²) in [5.41, 5.74) is 1.31. The number of rotatable bonds is 6. The van der Waals surface area contributed by atoms with Gasteiger partial charge in [0.15, 0.2) is 0 Å². The standard InChI is InChI=1S/C19H23N3O3S/c1-13-5-7-15(22(24)25)12-16(13)20-19(23)9-11-21-10-3-4-17(21)18-8-6-14(2)26-18/h5-8,12,17H,3-4,9-11H2,1-2H3,(H,20,23). The summed E-state index contributed by atoms with van der Waals surface area (Å²) in [6, 6.07) is 9.26. The average molecular weight is 373 g/mol. The highest BCUT2D eigenvalue weighted by Crippen LogP contribution is 2.35. The summed E-state index contributed by atoms with van der Waals surface area (Å²) >= 11 is 1.83. The van der Waals surface area contributed by atoms with Crippen molar-refractivity contribution in [2.24, 2.45) is 0 Å². The molecule has 0 spiro atoms. The second kappa shape index (κ2) is 7.97. The predicted octanol–water partition coefficient (Wildman–Crippen LogP) is 4.44. The van der Waals surface area contributed by atoms with E-state index in [9.17, 15) is 14.9 Å². The van der Waals surface area contributed by atoms with E-state index in [1.54, 1.807) is 6.07 Å². The summed E-state index contributed by atoms with van der Waals surface area (Å²) in [5.74, 6) is -0.110. The fourth-order valence-corrected chi connectivity index (χ4v) is 4.41. The van der Waals surface area contributed by atoms with Crippen molar-refractivity contribution in [3.05, 3.63) is 55.8 Å². The second-order valence-corrected chi connectivity index (χ2v) is 8.02. The van der Waals surface area contributed by atoms with Crippen LogP contribution in [0.25, 0.3) is 0 Å². The van der Waals surface area contributed by atoms with Crippen molar-refractivity contribution in [1.82, 2.24) is 4.90 Å². The van der Waals surface area contributed by atoms with E-state index >= 15 is 0 Å². The molecule has 1 atom stereocenters. The molecule has 26 heavy (non-hydrogen) atoms. The number of hydrogen-bond donors (Lipinski definition) is 1. The molecule has 0 radical (unpaired) electrons. The summed E-state index contributed by atoms with van der Waals surface area (Å²) in [7, 11) is 0. The Bertz CT molecular complexity index is 818. The Balaban J connectivity index is 1.59. The van der Waals surface area contributed by atoms with Crippen LogP contribution in [0.2, 0.25) is 0 Å². The highest BCUT2D eigenvalue weighted by molar-refractivity contribution is 7.12. The van der Waals surface area contributed by atoms with Crippen molar-refractivity contribution in [2.75, 3.05) is 18.4 Å². The number of carbonyl (C=O) groups is 1. The molecule has 1 aromatic carbocycles. The monoisotopic (exact) mass is 373 g/mol. The summed E-state index contributed by atoms with van der Waals surface area (Å²) in [6.45, 7) is 5.64. The van der Waals surface area contributed by atoms with Gasteiger partial charge in [0.05, 0.1) is 10.6 Å². The fourth-order valence-electron chi connectivity index (χ4n) is 3.36. The first-order chi connectivity index (χ1) is 12.4. The van der Waals surface area contributed by atoms with Crippen LogP contribution >= 0.6 is 11.3 Å². The number of hydrogen-bond acceptors (Lipinski definition) is 5. The van der Waals surface area contributed by atoms with E-state index in [1.807, 2.05) is 18.3 Å². The van der Waals surface area contributed by atoms with Crippen molar-refractivity contribution >= 4 is 28.6 Å². The van der Waals surface area contributed by atoms with Crippen LogP contribution in [0.3, 0.4) is 0 Å². The van der Waals surface area contributed by atoms with Crippen LogP contribution in [0.5, 0.6) is 0 Å². The van der Waals surface area contributed by atoms with Gasteiger partial charge in [-0.1, -0.05) is 6.07 Å². The minimum atomic E-state index is -0.451. The Morgan fingerprint density at radius 1 is 1.35 bits per heavy atom. The molecule has 0 saturated carbocycles. The number of aryl methyl sites for hydroxylation is 2. The lowest BCUT2D eigenvalue weighted by molar-refractivity contribution is -0.384. The minimum Gasteiger partial charge on any atom is -0.326 e. The van der Waals surface area contributed by atoms with Crippen LogP contribution in [-0.4, -0.2) is 28.8 Å². The minimum absolute atomic E-state index is 0.0152. The van der Waals surface area contributed by atoms with Gasteiger partial charge in [-0.05, 0) is 50.9 Å². The van der Waals surface area contributed by atoms with Gasteiger partial charge in [-0.3, -0.25) is 19.8 Å². The molecule has 1 amide bonds. The Morgan fingerprint density at radius 2 is 2.15 bits per heavy atom. The van der Waals surface area contributed by atoms with Crippen molar-refractivity contribution in [3.8, 4) is 0 Å². The van der Waals surface area contributed by atoms with Gasteiger partial charge in [-0.25, -0.2) is 0 Å². The number of carbonyl (C=O) groups excluding carboxylic acids is 1. The van der Waals surface area contributed by atoms with E-state index in [-0.39, 0.29) is 11.6 Å². The third kappa shape index (κ3) is 4.28. The van der Waals surface area contributed by atoms with Gasteiger partial charge in [-0.15, -0.1) is 11.3 Å². The number of nitro groups is 1. The number of amides is 1. The van der Waals surface area contributed by atoms with E-state index in [2.05, 4.69) is 29.3 Å². The van der Waals surface area contributed by atoms with Gasteiger partial charge in [-0.2, -0.15) is 0 Å². The molecular weight excluding hydrogens is 350 g/mol. The molecule has 1 aromatic heterocycles. The number of benzene rings is 1. The molecule has 1 unspecified atom stereocenters. The fraction of sp³-hybridized carbons (Fsp3) is 0.421. The molecule has 6 nitrogen and oxygen atoms in total. The number of likely N-dealkylation sites (tertiary alicyclic amines) is 1. The first-order valence-electron chi connectivity index (χ1n) is 8.79. The van der Waals surface area contributed by atoms with Crippen molar-refractivity contribution in [1.29, 1.82) is 0 Å². The Labute approximate surface area is 157 Å². The summed E-state index contributed by atoms with van der Waals surface area (Å²) < 4.78 is 0. The van der Waals surface area contributed by atoms with E-state index in [4.69, 9.17) is 0 Å². The topological polar surface area (TPSA) is 75.5 Å². The molecule has 0 bridgehead atoms. The van der Waals surface area contributed by atoms with Crippen LogP contribution in [-0.2, 0) is 4.79 Å². The highest BCUT2D eigenvalue weighted by atomic mass is 32.1. The maximum absolute atomic E-state index is 12.3. The molecule has 2 heterocycles. The third-order valence-electron chi connectivity index (χ3n) is 4.79. The lowest BCUT2D eigenvalue weighted by atomic mass is 10.1. The lowest BCUT2D eigenvalue weighted by Crippen LogP contribution is -2.27. The number of anilines is 1. The SMILES string of the molecule is Cc1ccc(C2CCCN2CCC(=O)Nc2cc([N+](=O)[O-])ccc2C)s1. The Morgan fingerprint density at radius 3 is 2.85 bits per heavy atom. The van der Waals surface area contributed by atoms with Crippen molar-refractivity contribution in [2.45, 2.75) is 39.2 Å². The van der Waals surface area contributed by atoms with Crippen LogP contribution < -0.4 is 5.32 Å². The zero-order valence-corrected chi connectivity index (χ0v) is 15.8. The number of nitro benzene ring substituents is 1. The molecular formula is C19H23N3O3S. The normalized spacial score (nSPS) is 17.4. The number of thiophene rings is 1. The highest BCUT2D eigenvalue weighted by Gasteiger charge is 2.27. The largest absolute Gasteiger partial charge is 0.326 e. The smallest absolute Gasteiger partial charge is 0.271 e. The maximum Gasteiger partial charge on any atom is 0.271 e. The molecule has 2 aromatic rings. The van der Waals surface area contributed by atoms with Gasteiger partial charge in [0.1, 0.15) is 0 Å². The summed E-state index contributed by atoms with van der Waals surface area (Å²) in [4.78, 5) is 27.9. The zero-order valence-electron chi connectivity index (χ0n) is 15.0. The molecule has 0 aliphatic carbocycles. The van der Waals surface area contributed by atoms with Crippen molar-refractivity contribution in [3.63, 3.8) is 0 Å². The molecule has 1 saturated heterocycles. The Kier molecular flexibility index (Phi) is 5.68. The van der Waals surface area contributed by atoms with Crippen LogP contribution in [0, 0.1) is 24.0 Å². The summed E-state index contributed by atoms with van der Waals surface area (Å²) in [6.07, 6.45) is 2.65. The van der Waals surface area contributed by atoms with Gasteiger partial charge in [0, 0.05) is 40.9 Å². The molecule has 3 rings (SSSR count). The van der Waals surface area contributed by atoms with Gasteiger partial charge >= 0.3 is 0 Å². The first kappa shape index (κ1) is 18.5. The lowest BCUT2D eigenvalue weighted by Gasteiger charge is -2.23. The first-order valence-corrected chi connectivity index (χ1v) is 9.61. The molecule has 7 heteroatoms. The van der Waals surface area contributed by atoms with Crippen molar-refractivity contribution < 1.29 is 9.72 Å². The average Bonchev–Trinajstić information content (AvgIpc) is 3.23. The van der Waals surface area contributed by atoms with Gasteiger partial charge in [0.2, 0.25) is 5.91 Å². The van der Waals surface area contributed by atoms with Crippen LogP contribution in [0.15, 0.2) is 30.3 Å². The summed E-state index contributed by atoms with van der Waals surface area (Å²) in [5, 5.41) is 13.7. The number of nitrogens with zero attached hydrogens (tertiary/aromatic N) is 2. The van der Waals surface area contributed by atoms with E-state index in [0.717, 1.165) is 24.9 Å². The van der Waals surface area contributed by atoms with Gasteiger partial charge < -0.3 is 5.32 Å². The van der Waals surface area contributed by atoms with E-state index in [1.165, 1.54) is 21.9 Å². The van der Waals surface area contributed by atoms with E-state index < -0.39 is 4.92 Å². The zero-order chi connectivity index (χ0) is 18.7. The molecule has 1 fully saturated rings. The predicted molar refractivity (Wildman–Crippen MR) is 104 cm³/mol. The molecule has 1 aliphatic rings. The van der Waals surface area contributed by atoms with Gasteiger partial charge in [0.25, 0.3) is 5.69 Å². The van der Waals surface area contributed by atoms with Crippen LogP contribution in [0.1, 0.15) is 40.6 Å².